The van der Waals surface area contributed by atoms with Crippen LogP contribution in [-0.4, -0.2) is 39.9 Å². The molecule has 2 N–H and O–H groups in total. The van der Waals surface area contributed by atoms with E-state index in [1.54, 1.807) is 18.1 Å². The average Bonchev–Trinajstić information content (AvgIpc) is 3.29. The van der Waals surface area contributed by atoms with Gasteiger partial charge in [-0.05, 0) is 60.5 Å². The van der Waals surface area contributed by atoms with Gasteiger partial charge in [-0.3, -0.25) is 0 Å². The Kier molecular flexibility index (Phi) is 5.64. The van der Waals surface area contributed by atoms with E-state index in [1.807, 2.05) is 12.1 Å². The van der Waals surface area contributed by atoms with Gasteiger partial charge in [0.2, 0.25) is 0 Å². The van der Waals surface area contributed by atoms with Crippen molar-refractivity contribution in [3.8, 4) is 11.4 Å². The van der Waals surface area contributed by atoms with Gasteiger partial charge in [-0.25, -0.2) is 4.68 Å². The van der Waals surface area contributed by atoms with Crippen molar-refractivity contribution in [3.05, 3.63) is 66.0 Å². The molecule has 3 atom stereocenters. The van der Waals surface area contributed by atoms with Gasteiger partial charge in [0.05, 0.1) is 12.8 Å². The summed E-state index contributed by atoms with van der Waals surface area (Å²) in [5.74, 6) is 0.858. The highest BCUT2D eigenvalue weighted by Crippen LogP contribution is 2.31. The maximum absolute atomic E-state index is 5.62. The predicted octanol–water partition coefficient (Wildman–Crippen LogP) is 2.81. The van der Waals surface area contributed by atoms with Crippen molar-refractivity contribution in [1.29, 1.82) is 0 Å². The highest BCUT2D eigenvalue weighted by molar-refractivity contribution is 5.45. The number of rotatable bonds is 6. The molecule has 1 saturated heterocycles. The Hall–Kier alpha value is -2.77. The lowest BCUT2D eigenvalue weighted by Crippen LogP contribution is -2.46. The highest BCUT2D eigenvalue weighted by atomic mass is 16.5. The molecule has 0 spiro atoms. The fourth-order valence-corrected chi connectivity index (χ4v) is 3.97. The maximum Gasteiger partial charge on any atom is 0.143 e. The topological polar surface area (TPSA) is 76.9 Å². The molecule has 3 aromatic rings. The molecular weight excluding hydrogens is 352 g/mol. The van der Waals surface area contributed by atoms with Crippen molar-refractivity contribution in [3.63, 3.8) is 0 Å². The van der Waals surface area contributed by atoms with Gasteiger partial charge >= 0.3 is 0 Å². The van der Waals surface area contributed by atoms with Crippen LogP contribution in [0, 0.1) is 0 Å². The molecule has 0 radical (unpaired) electrons. The molecular formula is C21H26N6O. The fraction of sp³-hybridized carbons (Fsp3) is 0.381. The lowest BCUT2D eigenvalue weighted by atomic mass is 9.91. The van der Waals surface area contributed by atoms with E-state index in [1.165, 1.54) is 5.56 Å². The van der Waals surface area contributed by atoms with E-state index in [0.29, 0.717) is 12.1 Å². The van der Waals surface area contributed by atoms with Gasteiger partial charge in [0.25, 0.3) is 0 Å². The number of benzene rings is 2. The van der Waals surface area contributed by atoms with Gasteiger partial charge in [0.1, 0.15) is 12.1 Å². The summed E-state index contributed by atoms with van der Waals surface area (Å²) in [5, 5.41) is 19.0. The summed E-state index contributed by atoms with van der Waals surface area (Å²) >= 11 is 0. The first-order valence-electron chi connectivity index (χ1n) is 9.72. The Balaban J connectivity index is 1.58. The summed E-state index contributed by atoms with van der Waals surface area (Å²) in [6.07, 6.45) is 3.89. The minimum atomic E-state index is 0.113. The molecule has 1 unspecified atom stereocenters. The zero-order chi connectivity index (χ0) is 19.3. The van der Waals surface area contributed by atoms with Crippen LogP contribution in [0.3, 0.4) is 0 Å². The van der Waals surface area contributed by atoms with E-state index >= 15 is 0 Å². The second-order valence-corrected chi connectivity index (χ2v) is 7.16. The molecule has 4 rings (SSSR count). The quantitative estimate of drug-likeness (QED) is 0.687. The number of nitrogens with zero attached hydrogens (tertiary/aromatic N) is 4. The number of methoxy groups -OCH3 is 1. The predicted molar refractivity (Wildman–Crippen MR) is 107 cm³/mol. The number of nitrogens with one attached hydrogen (secondary N) is 2. The van der Waals surface area contributed by atoms with E-state index in [-0.39, 0.29) is 6.04 Å². The second-order valence-electron chi connectivity index (χ2n) is 7.16. The molecule has 1 aromatic heterocycles. The third kappa shape index (κ3) is 3.90. The largest absolute Gasteiger partial charge is 0.496 e. The molecule has 7 nitrogen and oxygen atoms in total. The van der Waals surface area contributed by atoms with Crippen molar-refractivity contribution in [2.45, 2.75) is 37.9 Å². The summed E-state index contributed by atoms with van der Waals surface area (Å²) < 4.78 is 7.28. The Morgan fingerprint density at radius 2 is 2.07 bits per heavy atom. The van der Waals surface area contributed by atoms with E-state index in [4.69, 9.17) is 4.74 Å². The summed E-state index contributed by atoms with van der Waals surface area (Å²) in [6.45, 7) is 3.22. The first-order valence-corrected chi connectivity index (χ1v) is 9.72. The van der Waals surface area contributed by atoms with Crippen LogP contribution in [0.4, 0.5) is 0 Å². The summed E-state index contributed by atoms with van der Waals surface area (Å²) in [4.78, 5) is 0. The van der Waals surface area contributed by atoms with Gasteiger partial charge in [0, 0.05) is 23.7 Å². The molecule has 1 fully saturated rings. The minimum absolute atomic E-state index is 0.113. The van der Waals surface area contributed by atoms with Crippen molar-refractivity contribution >= 4 is 0 Å². The zero-order valence-corrected chi connectivity index (χ0v) is 16.2. The fourth-order valence-electron chi connectivity index (χ4n) is 3.97. The number of hydrogen-bond donors (Lipinski definition) is 2. The Bertz CT molecular complexity index is 883. The molecule has 0 amide bonds. The first kappa shape index (κ1) is 18.6. The maximum atomic E-state index is 5.62. The van der Waals surface area contributed by atoms with Crippen molar-refractivity contribution < 1.29 is 4.74 Å². The van der Waals surface area contributed by atoms with Crippen LogP contribution in [0.2, 0.25) is 0 Å². The van der Waals surface area contributed by atoms with E-state index in [2.05, 4.69) is 69.5 Å². The van der Waals surface area contributed by atoms with Crippen LogP contribution in [-0.2, 0) is 0 Å². The van der Waals surface area contributed by atoms with Crippen LogP contribution < -0.4 is 15.4 Å². The van der Waals surface area contributed by atoms with Crippen LogP contribution in [0.5, 0.6) is 5.75 Å². The second kappa shape index (κ2) is 8.50. The van der Waals surface area contributed by atoms with Gasteiger partial charge in [-0.2, -0.15) is 0 Å². The lowest BCUT2D eigenvalue weighted by Gasteiger charge is -2.36. The van der Waals surface area contributed by atoms with Crippen molar-refractivity contribution in [1.82, 2.24) is 30.8 Å². The smallest absolute Gasteiger partial charge is 0.143 e. The average molecular weight is 378 g/mol. The number of tetrazole rings is 1. The SMILES string of the molecule is COc1ccc(-n2cnnn2)cc1C(C)N[C@H]1CCCN[C@H]1c1ccccc1. The van der Waals surface area contributed by atoms with Gasteiger partial charge < -0.3 is 15.4 Å². The zero-order valence-electron chi connectivity index (χ0n) is 16.2. The standard InChI is InChI=1S/C21H26N6O/c1-15(18-13-17(10-11-20(18)28-2)27-14-23-25-26-27)24-19-9-6-12-22-21(19)16-7-4-3-5-8-16/h3-5,7-8,10-11,13-15,19,21-22,24H,6,9,12H2,1-2H3/t15?,19-,21-/m0/s1. The Labute approximate surface area is 165 Å². The molecule has 0 aliphatic carbocycles. The van der Waals surface area contributed by atoms with E-state index in [0.717, 1.165) is 36.4 Å². The molecule has 7 heteroatoms. The molecule has 1 aliphatic heterocycles. The first-order chi connectivity index (χ1) is 13.8. The Morgan fingerprint density at radius 3 is 2.82 bits per heavy atom. The number of piperidine rings is 1. The molecule has 0 saturated carbocycles. The lowest BCUT2D eigenvalue weighted by molar-refractivity contribution is 0.284. The molecule has 146 valence electrons. The number of hydrogen-bond acceptors (Lipinski definition) is 6. The molecule has 2 aromatic carbocycles. The number of aromatic nitrogens is 4. The molecule has 1 aliphatic rings. The van der Waals surface area contributed by atoms with E-state index in [9.17, 15) is 0 Å². The molecule has 28 heavy (non-hydrogen) atoms. The molecule has 0 bridgehead atoms. The third-order valence-electron chi connectivity index (χ3n) is 5.37. The summed E-state index contributed by atoms with van der Waals surface area (Å²) in [7, 11) is 1.71. The molecule has 2 heterocycles. The van der Waals surface area contributed by atoms with Crippen molar-refractivity contribution in [2.75, 3.05) is 13.7 Å². The highest BCUT2D eigenvalue weighted by Gasteiger charge is 2.28. The third-order valence-corrected chi connectivity index (χ3v) is 5.37. The van der Waals surface area contributed by atoms with Crippen molar-refractivity contribution in [2.24, 2.45) is 0 Å². The summed E-state index contributed by atoms with van der Waals surface area (Å²) in [5.41, 5.74) is 3.32. The Morgan fingerprint density at radius 1 is 1.21 bits per heavy atom. The van der Waals surface area contributed by atoms with Crippen LogP contribution in [0.1, 0.15) is 43.0 Å². The van der Waals surface area contributed by atoms with Gasteiger partial charge in [0.15, 0.2) is 0 Å². The monoisotopic (exact) mass is 378 g/mol. The van der Waals surface area contributed by atoms with Gasteiger partial charge in [-0.1, -0.05) is 30.3 Å². The van der Waals surface area contributed by atoms with Gasteiger partial charge in [-0.15, -0.1) is 5.10 Å². The van der Waals surface area contributed by atoms with Crippen LogP contribution in [0.15, 0.2) is 54.9 Å². The van der Waals surface area contributed by atoms with Crippen LogP contribution in [0.25, 0.3) is 5.69 Å². The number of ether oxygens (including phenoxy) is 1. The van der Waals surface area contributed by atoms with Crippen LogP contribution >= 0.6 is 0 Å². The minimum Gasteiger partial charge on any atom is -0.496 e. The van der Waals surface area contributed by atoms with E-state index < -0.39 is 0 Å². The summed E-state index contributed by atoms with van der Waals surface area (Å²) in [6, 6.07) is 17.4. The normalized spacial score (nSPS) is 20.6.